The first-order valence-electron chi connectivity index (χ1n) is 5.97. The largest absolute Gasteiger partial charge is 0.493 e. The van der Waals surface area contributed by atoms with Gasteiger partial charge in [-0.3, -0.25) is 0 Å². The van der Waals surface area contributed by atoms with E-state index in [1.54, 1.807) is 0 Å². The van der Waals surface area contributed by atoms with Crippen molar-refractivity contribution >= 4 is 0 Å². The third kappa shape index (κ3) is 1.51. The zero-order valence-electron chi connectivity index (χ0n) is 9.53. The molecule has 0 radical (unpaired) electrons. The molecular formula is C13H17NO2. The van der Waals surface area contributed by atoms with E-state index >= 15 is 0 Å². The Hall–Kier alpha value is -1.06. The van der Waals surface area contributed by atoms with E-state index in [9.17, 15) is 0 Å². The standard InChI is InChI=1S/C13H17NO2/c1-2-15-12-5-3-4-9-10-6-14-7-13(10)16-8-11(9)12/h3-5,10,13-14H,2,6-8H2,1H3/t10-,13?/m0/s1. The molecule has 16 heavy (non-hydrogen) atoms. The summed E-state index contributed by atoms with van der Waals surface area (Å²) in [6.45, 7) is 5.41. The van der Waals surface area contributed by atoms with Crippen LogP contribution in [0.5, 0.6) is 5.75 Å². The van der Waals surface area contributed by atoms with Crippen LogP contribution in [-0.2, 0) is 11.3 Å². The summed E-state index contributed by atoms with van der Waals surface area (Å²) < 4.78 is 11.5. The zero-order chi connectivity index (χ0) is 11.0. The second-order valence-electron chi connectivity index (χ2n) is 4.37. The molecule has 1 aromatic carbocycles. The molecule has 2 atom stereocenters. The topological polar surface area (TPSA) is 30.5 Å². The fraction of sp³-hybridized carbons (Fsp3) is 0.538. The van der Waals surface area contributed by atoms with Crippen molar-refractivity contribution in [2.24, 2.45) is 0 Å². The highest BCUT2D eigenvalue weighted by Gasteiger charge is 2.35. The summed E-state index contributed by atoms with van der Waals surface area (Å²) >= 11 is 0. The Labute approximate surface area is 95.8 Å². The van der Waals surface area contributed by atoms with E-state index < -0.39 is 0 Å². The van der Waals surface area contributed by atoms with Crippen LogP contribution in [0.15, 0.2) is 18.2 Å². The summed E-state index contributed by atoms with van der Waals surface area (Å²) in [6, 6.07) is 6.34. The third-order valence-electron chi connectivity index (χ3n) is 3.47. The Morgan fingerprint density at radius 3 is 3.25 bits per heavy atom. The Morgan fingerprint density at radius 2 is 2.38 bits per heavy atom. The van der Waals surface area contributed by atoms with Crippen molar-refractivity contribution in [3.05, 3.63) is 29.3 Å². The number of fused-ring (bicyclic) bond motifs is 3. The van der Waals surface area contributed by atoms with Crippen LogP contribution in [0, 0.1) is 0 Å². The van der Waals surface area contributed by atoms with Crippen molar-refractivity contribution in [3.63, 3.8) is 0 Å². The lowest BCUT2D eigenvalue weighted by molar-refractivity contribution is 0.0283. The third-order valence-corrected chi connectivity index (χ3v) is 3.47. The number of ether oxygens (including phenoxy) is 2. The molecular weight excluding hydrogens is 202 g/mol. The highest BCUT2D eigenvalue weighted by Crippen LogP contribution is 2.37. The normalized spacial score (nSPS) is 27.3. The van der Waals surface area contributed by atoms with Crippen LogP contribution < -0.4 is 10.1 Å². The average Bonchev–Trinajstić information content (AvgIpc) is 2.78. The van der Waals surface area contributed by atoms with Crippen LogP contribution in [0.4, 0.5) is 0 Å². The van der Waals surface area contributed by atoms with Gasteiger partial charge in [-0.1, -0.05) is 12.1 Å². The first kappa shape index (κ1) is 10.1. The summed E-state index contributed by atoms with van der Waals surface area (Å²) in [6.07, 6.45) is 0.351. The second-order valence-corrected chi connectivity index (χ2v) is 4.37. The minimum Gasteiger partial charge on any atom is -0.493 e. The second kappa shape index (κ2) is 4.07. The summed E-state index contributed by atoms with van der Waals surface area (Å²) in [5.41, 5.74) is 2.65. The van der Waals surface area contributed by atoms with Gasteiger partial charge in [0.15, 0.2) is 0 Å². The number of hydrogen-bond acceptors (Lipinski definition) is 3. The quantitative estimate of drug-likeness (QED) is 0.820. The smallest absolute Gasteiger partial charge is 0.125 e. The molecule has 2 aliphatic heterocycles. The van der Waals surface area contributed by atoms with Gasteiger partial charge in [0.2, 0.25) is 0 Å². The van der Waals surface area contributed by atoms with Crippen molar-refractivity contribution in [1.29, 1.82) is 0 Å². The van der Waals surface area contributed by atoms with E-state index in [0.717, 1.165) is 18.8 Å². The molecule has 0 bridgehead atoms. The SMILES string of the molecule is CCOc1cccc2c1COC1CNC[C@@H]21. The minimum atomic E-state index is 0.351. The maximum Gasteiger partial charge on any atom is 0.125 e. The van der Waals surface area contributed by atoms with E-state index in [0.29, 0.717) is 25.2 Å². The van der Waals surface area contributed by atoms with Gasteiger partial charge in [0, 0.05) is 24.6 Å². The van der Waals surface area contributed by atoms with Crippen molar-refractivity contribution in [2.75, 3.05) is 19.7 Å². The van der Waals surface area contributed by atoms with Gasteiger partial charge >= 0.3 is 0 Å². The van der Waals surface area contributed by atoms with E-state index in [1.165, 1.54) is 11.1 Å². The number of hydrogen-bond donors (Lipinski definition) is 1. The van der Waals surface area contributed by atoms with E-state index in [1.807, 2.05) is 13.0 Å². The number of nitrogens with one attached hydrogen (secondary N) is 1. The molecule has 1 saturated heterocycles. The molecule has 1 aromatic rings. The van der Waals surface area contributed by atoms with Crippen molar-refractivity contribution in [3.8, 4) is 5.75 Å². The predicted molar refractivity (Wildman–Crippen MR) is 61.8 cm³/mol. The van der Waals surface area contributed by atoms with Gasteiger partial charge in [-0.15, -0.1) is 0 Å². The lowest BCUT2D eigenvalue weighted by Crippen LogP contribution is -2.27. The number of rotatable bonds is 2. The van der Waals surface area contributed by atoms with Crippen molar-refractivity contribution < 1.29 is 9.47 Å². The highest BCUT2D eigenvalue weighted by atomic mass is 16.5. The molecule has 2 aliphatic rings. The fourth-order valence-electron chi connectivity index (χ4n) is 2.71. The van der Waals surface area contributed by atoms with Crippen LogP contribution in [0.2, 0.25) is 0 Å². The van der Waals surface area contributed by atoms with E-state index in [4.69, 9.17) is 9.47 Å². The lowest BCUT2D eigenvalue weighted by atomic mass is 9.89. The molecule has 3 nitrogen and oxygen atoms in total. The van der Waals surface area contributed by atoms with E-state index in [2.05, 4.69) is 17.4 Å². The maximum absolute atomic E-state index is 5.87. The summed E-state index contributed by atoms with van der Waals surface area (Å²) in [5, 5.41) is 3.39. The Balaban J connectivity index is 2.00. The fourth-order valence-corrected chi connectivity index (χ4v) is 2.71. The molecule has 3 rings (SSSR count). The molecule has 2 heterocycles. The molecule has 0 saturated carbocycles. The molecule has 1 unspecified atom stereocenters. The Bertz CT molecular complexity index is 392. The van der Waals surface area contributed by atoms with Crippen LogP contribution in [0.25, 0.3) is 0 Å². The van der Waals surface area contributed by atoms with E-state index in [-0.39, 0.29) is 0 Å². The first-order chi connectivity index (χ1) is 7.90. The molecule has 0 amide bonds. The number of benzene rings is 1. The van der Waals surface area contributed by atoms with Gasteiger partial charge < -0.3 is 14.8 Å². The first-order valence-corrected chi connectivity index (χ1v) is 5.97. The molecule has 0 spiro atoms. The van der Waals surface area contributed by atoms with Gasteiger partial charge in [-0.25, -0.2) is 0 Å². The summed E-state index contributed by atoms with van der Waals surface area (Å²) in [4.78, 5) is 0. The highest BCUT2D eigenvalue weighted by molar-refractivity contribution is 5.44. The monoisotopic (exact) mass is 219 g/mol. The maximum atomic E-state index is 5.87. The molecule has 0 aromatic heterocycles. The summed E-state index contributed by atoms with van der Waals surface area (Å²) in [7, 11) is 0. The van der Waals surface area contributed by atoms with Crippen molar-refractivity contribution in [2.45, 2.75) is 25.6 Å². The van der Waals surface area contributed by atoms with Gasteiger partial charge in [0.25, 0.3) is 0 Å². The average molecular weight is 219 g/mol. The molecule has 1 N–H and O–H groups in total. The van der Waals surface area contributed by atoms with Crippen LogP contribution in [0.1, 0.15) is 24.0 Å². The van der Waals surface area contributed by atoms with Gasteiger partial charge in [0.1, 0.15) is 5.75 Å². The van der Waals surface area contributed by atoms with Crippen molar-refractivity contribution in [1.82, 2.24) is 5.32 Å². The minimum absolute atomic E-state index is 0.351. The molecule has 86 valence electrons. The summed E-state index contributed by atoms with van der Waals surface area (Å²) in [5.74, 6) is 1.49. The Kier molecular flexibility index (Phi) is 2.58. The van der Waals surface area contributed by atoms with Gasteiger partial charge in [0.05, 0.1) is 19.3 Å². The van der Waals surface area contributed by atoms with Gasteiger partial charge in [-0.05, 0) is 18.6 Å². The molecule has 1 fully saturated rings. The van der Waals surface area contributed by atoms with Crippen LogP contribution in [0.3, 0.4) is 0 Å². The molecule has 0 aliphatic carbocycles. The van der Waals surface area contributed by atoms with Crippen LogP contribution in [-0.4, -0.2) is 25.8 Å². The lowest BCUT2D eigenvalue weighted by Gasteiger charge is -2.29. The predicted octanol–water partition coefficient (Wildman–Crippen LogP) is 1.67. The molecule has 3 heteroatoms. The van der Waals surface area contributed by atoms with Crippen LogP contribution >= 0.6 is 0 Å². The zero-order valence-corrected chi connectivity index (χ0v) is 9.53. The Morgan fingerprint density at radius 1 is 1.44 bits per heavy atom. The van der Waals surface area contributed by atoms with Gasteiger partial charge in [-0.2, -0.15) is 0 Å².